The average molecular weight is 601 g/mol. The highest BCUT2D eigenvalue weighted by Gasteiger charge is 2.35. The van der Waals surface area contributed by atoms with E-state index in [1.54, 1.807) is 19.3 Å². The maximum Gasteiger partial charge on any atom is 0.293 e. The summed E-state index contributed by atoms with van der Waals surface area (Å²) in [4.78, 5) is 27.9. The van der Waals surface area contributed by atoms with Crippen molar-refractivity contribution in [3.05, 3.63) is 123 Å². The van der Waals surface area contributed by atoms with E-state index in [4.69, 9.17) is 9.47 Å². The van der Waals surface area contributed by atoms with Crippen LogP contribution >= 0.6 is 27.7 Å². The largest absolute Gasteiger partial charge is 0.493 e. The van der Waals surface area contributed by atoms with Crippen LogP contribution in [-0.2, 0) is 24.4 Å². The summed E-state index contributed by atoms with van der Waals surface area (Å²) < 4.78 is 12.8. The van der Waals surface area contributed by atoms with Crippen LogP contribution in [0.5, 0.6) is 11.5 Å². The van der Waals surface area contributed by atoms with Gasteiger partial charge in [-0.05, 0) is 76.0 Å². The molecule has 39 heavy (non-hydrogen) atoms. The number of methoxy groups -OCH3 is 1. The van der Waals surface area contributed by atoms with Crippen molar-refractivity contribution in [1.82, 2.24) is 4.90 Å². The Morgan fingerprint density at radius 3 is 2.51 bits per heavy atom. The molecule has 0 atom stereocenters. The summed E-state index contributed by atoms with van der Waals surface area (Å²) in [6, 6.07) is 25.6. The van der Waals surface area contributed by atoms with Crippen LogP contribution in [0.4, 0.5) is 4.79 Å². The standard InChI is InChI=1S/C32H26BrNO4S/c1-3-7-24-16-22(17-28(37-2)30(24)38-20-21-12-14-26(33)15-13-21)18-29-31(35)34(32(36)39-29)19-25-10-6-9-23-8-4-5-11-27(23)25/h3-6,8-18H,1,7,19-20H2,2H3/b29-18+. The summed E-state index contributed by atoms with van der Waals surface area (Å²) in [7, 11) is 1.58. The molecule has 4 aromatic rings. The number of rotatable bonds is 9. The normalized spacial score (nSPS) is 14.3. The zero-order valence-electron chi connectivity index (χ0n) is 21.4. The number of benzene rings is 4. The van der Waals surface area contributed by atoms with Gasteiger partial charge in [-0.1, -0.05) is 76.6 Å². The second-order valence-electron chi connectivity index (χ2n) is 9.03. The van der Waals surface area contributed by atoms with Crippen molar-refractivity contribution in [1.29, 1.82) is 0 Å². The number of fused-ring (bicyclic) bond motifs is 1. The number of amides is 2. The maximum absolute atomic E-state index is 13.3. The number of imide groups is 1. The third kappa shape index (κ3) is 5.95. The van der Waals surface area contributed by atoms with E-state index in [-0.39, 0.29) is 17.7 Å². The third-order valence-corrected chi connectivity index (χ3v) is 7.85. The third-order valence-electron chi connectivity index (χ3n) is 6.41. The minimum absolute atomic E-state index is 0.219. The van der Waals surface area contributed by atoms with Gasteiger partial charge in [-0.3, -0.25) is 14.5 Å². The molecule has 0 N–H and O–H groups in total. The predicted octanol–water partition coefficient (Wildman–Crippen LogP) is 8.15. The molecule has 0 aliphatic carbocycles. The van der Waals surface area contributed by atoms with E-state index in [1.165, 1.54) is 4.90 Å². The highest BCUT2D eigenvalue weighted by atomic mass is 79.9. The first-order valence-electron chi connectivity index (χ1n) is 12.4. The summed E-state index contributed by atoms with van der Waals surface area (Å²) in [5.41, 5.74) is 3.57. The van der Waals surface area contributed by atoms with E-state index in [0.717, 1.165) is 49.3 Å². The number of halogens is 1. The topological polar surface area (TPSA) is 55.8 Å². The molecule has 0 aromatic heterocycles. The lowest BCUT2D eigenvalue weighted by molar-refractivity contribution is -0.123. The molecular weight excluding hydrogens is 574 g/mol. The van der Waals surface area contributed by atoms with Crippen molar-refractivity contribution in [3.8, 4) is 11.5 Å². The summed E-state index contributed by atoms with van der Waals surface area (Å²) in [6.45, 7) is 4.47. The van der Waals surface area contributed by atoms with Crippen LogP contribution in [-0.4, -0.2) is 23.2 Å². The van der Waals surface area contributed by atoms with Crippen LogP contribution in [0.3, 0.4) is 0 Å². The number of nitrogens with zero attached hydrogens (tertiary/aromatic N) is 1. The number of hydrogen-bond acceptors (Lipinski definition) is 5. The summed E-state index contributed by atoms with van der Waals surface area (Å²) in [5.74, 6) is 0.868. The summed E-state index contributed by atoms with van der Waals surface area (Å²) in [5, 5.41) is 1.81. The zero-order chi connectivity index (χ0) is 27.4. The lowest BCUT2D eigenvalue weighted by atomic mass is 10.0. The average Bonchev–Trinajstić information content (AvgIpc) is 3.20. The van der Waals surface area contributed by atoms with E-state index in [2.05, 4.69) is 22.5 Å². The fraction of sp³-hybridized carbons (Fsp3) is 0.125. The minimum atomic E-state index is -0.308. The van der Waals surface area contributed by atoms with Crippen molar-refractivity contribution >= 4 is 55.7 Å². The summed E-state index contributed by atoms with van der Waals surface area (Å²) in [6.07, 6.45) is 4.08. The van der Waals surface area contributed by atoms with E-state index < -0.39 is 0 Å². The number of carbonyl (C=O) groups is 2. The highest BCUT2D eigenvalue weighted by molar-refractivity contribution is 9.10. The van der Waals surface area contributed by atoms with Gasteiger partial charge >= 0.3 is 0 Å². The van der Waals surface area contributed by atoms with E-state index in [9.17, 15) is 9.59 Å². The lowest BCUT2D eigenvalue weighted by Gasteiger charge is -2.16. The molecule has 0 bridgehead atoms. The van der Waals surface area contributed by atoms with Crippen molar-refractivity contribution in [3.63, 3.8) is 0 Å². The van der Waals surface area contributed by atoms with Crippen molar-refractivity contribution < 1.29 is 19.1 Å². The van der Waals surface area contributed by atoms with Crippen LogP contribution < -0.4 is 9.47 Å². The molecular formula is C32H26BrNO4S. The first kappa shape index (κ1) is 26.8. The highest BCUT2D eigenvalue weighted by Crippen LogP contribution is 2.38. The Labute approximate surface area is 240 Å². The second-order valence-corrected chi connectivity index (χ2v) is 10.9. The van der Waals surface area contributed by atoms with Crippen molar-refractivity contribution in [2.45, 2.75) is 19.6 Å². The summed E-state index contributed by atoms with van der Waals surface area (Å²) >= 11 is 4.40. The molecule has 7 heteroatoms. The molecule has 1 saturated heterocycles. The Morgan fingerprint density at radius 1 is 0.974 bits per heavy atom. The van der Waals surface area contributed by atoms with Gasteiger partial charge in [0, 0.05) is 10.0 Å². The van der Waals surface area contributed by atoms with Gasteiger partial charge in [-0.15, -0.1) is 6.58 Å². The number of ether oxygens (including phenoxy) is 2. The number of thioether (sulfide) groups is 1. The molecule has 2 amide bonds. The van der Waals surface area contributed by atoms with Gasteiger partial charge in [0.25, 0.3) is 11.1 Å². The van der Waals surface area contributed by atoms with Crippen LogP contribution in [0.1, 0.15) is 22.3 Å². The Kier molecular flexibility index (Phi) is 8.19. The quantitative estimate of drug-likeness (QED) is 0.143. The maximum atomic E-state index is 13.3. The van der Waals surface area contributed by atoms with Gasteiger partial charge in [0.15, 0.2) is 11.5 Å². The van der Waals surface area contributed by atoms with Crippen LogP contribution in [0.25, 0.3) is 16.8 Å². The SMILES string of the molecule is C=CCc1cc(/C=C2/SC(=O)N(Cc3cccc4ccccc34)C2=O)cc(OC)c1OCc1ccc(Br)cc1. The van der Waals surface area contributed by atoms with Crippen LogP contribution in [0, 0.1) is 0 Å². The predicted molar refractivity (Wildman–Crippen MR) is 161 cm³/mol. The van der Waals surface area contributed by atoms with Crippen LogP contribution in [0.15, 0.2) is 101 Å². The van der Waals surface area contributed by atoms with Crippen LogP contribution in [0.2, 0.25) is 0 Å². The van der Waals surface area contributed by atoms with Gasteiger partial charge in [0.1, 0.15) is 6.61 Å². The smallest absolute Gasteiger partial charge is 0.293 e. The molecule has 0 saturated carbocycles. The number of carbonyl (C=O) groups excluding carboxylic acids is 2. The second kappa shape index (κ2) is 11.9. The Hall–Kier alpha value is -3.81. The molecule has 1 aliphatic rings. The van der Waals surface area contributed by atoms with Gasteiger partial charge in [0.2, 0.25) is 0 Å². The Bertz CT molecular complexity index is 1590. The first-order valence-corrected chi connectivity index (χ1v) is 14.0. The van der Waals surface area contributed by atoms with Gasteiger partial charge < -0.3 is 9.47 Å². The minimum Gasteiger partial charge on any atom is -0.493 e. The van der Waals surface area contributed by atoms with Gasteiger partial charge in [0.05, 0.1) is 18.6 Å². The molecule has 0 unspecified atom stereocenters. The Morgan fingerprint density at radius 2 is 1.74 bits per heavy atom. The lowest BCUT2D eigenvalue weighted by Crippen LogP contribution is -2.27. The first-order chi connectivity index (χ1) is 19.0. The molecule has 5 rings (SSSR count). The fourth-order valence-electron chi connectivity index (χ4n) is 4.51. The molecule has 1 fully saturated rings. The monoisotopic (exact) mass is 599 g/mol. The van der Waals surface area contributed by atoms with Crippen molar-refractivity contribution in [2.75, 3.05) is 7.11 Å². The fourth-order valence-corrected chi connectivity index (χ4v) is 5.62. The van der Waals surface area contributed by atoms with Gasteiger partial charge in [-0.25, -0.2) is 0 Å². The molecule has 1 aliphatic heterocycles. The van der Waals surface area contributed by atoms with E-state index in [1.807, 2.05) is 78.9 Å². The van der Waals surface area contributed by atoms with E-state index >= 15 is 0 Å². The molecule has 4 aromatic carbocycles. The Balaban J connectivity index is 1.41. The number of allylic oxidation sites excluding steroid dienone is 1. The van der Waals surface area contributed by atoms with Crippen molar-refractivity contribution in [2.24, 2.45) is 0 Å². The molecule has 0 radical (unpaired) electrons. The molecule has 5 nitrogen and oxygen atoms in total. The number of hydrogen-bond donors (Lipinski definition) is 0. The molecule has 0 spiro atoms. The molecule has 1 heterocycles. The van der Waals surface area contributed by atoms with E-state index in [0.29, 0.717) is 29.4 Å². The zero-order valence-corrected chi connectivity index (χ0v) is 23.8. The van der Waals surface area contributed by atoms with Gasteiger partial charge in [-0.2, -0.15) is 0 Å². The molecule has 196 valence electrons.